The van der Waals surface area contributed by atoms with Crippen LogP contribution in [0.15, 0.2) is 0 Å². The molecule has 0 radical (unpaired) electrons. The van der Waals surface area contributed by atoms with Crippen molar-refractivity contribution in [3.63, 3.8) is 0 Å². The van der Waals surface area contributed by atoms with Crippen molar-refractivity contribution < 1.29 is 17.7 Å². The molecule has 0 aliphatic carbocycles. The second-order valence-electron chi connectivity index (χ2n) is 6.75. The summed E-state index contributed by atoms with van der Waals surface area (Å²) in [4.78, 5) is 0. The van der Waals surface area contributed by atoms with E-state index in [9.17, 15) is 0 Å². The molecule has 0 aromatic heterocycles. The van der Waals surface area contributed by atoms with Crippen LogP contribution in [0.5, 0.6) is 0 Å². The van der Waals surface area contributed by atoms with Crippen LogP contribution >= 0.6 is 36.0 Å². The van der Waals surface area contributed by atoms with Gasteiger partial charge in [0.1, 0.15) is 0 Å². The smallest absolute Gasteiger partial charge is 0.321 e. The highest BCUT2D eigenvalue weighted by atomic mass is 35.7. The average molecular weight is 487 g/mol. The van der Waals surface area contributed by atoms with Gasteiger partial charge < -0.3 is 9.05 Å². The summed E-state index contributed by atoms with van der Waals surface area (Å²) < 4.78 is 27.9. The van der Waals surface area contributed by atoms with Crippen molar-refractivity contribution in [1.29, 1.82) is 10.5 Å². The third kappa shape index (κ3) is 12.1. The van der Waals surface area contributed by atoms with Crippen molar-refractivity contribution in [3.05, 3.63) is 0 Å². The molecule has 168 valence electrons. The maximum absolute atomic E-state index is 8.85. The molecular formula is C17H34ClN4O4P3. The molecule has 0 saturated heterocycles. The first-order chi connectivity index (χ1) is 13.7. The van der Waals surface area contributed by atoms with E-state index in [-0.39, 0.29) is 44.2 Å². The highest BCUT2D eigenvalue weighted by Gasteiger charge is 2.34. The normalized spacial score (nSPS) is 15.1. The zero-order valence-corrected chi connectivity index (χ0v) is 21.8. The van der Waals surface area contributed by atoms with Crippen LogP contribution in [-0.2, 0) is 17.7 Å². The van der Waals surface area contributed by atoms with E-state index in [1.54, 1.807) is 0 Å². The quantitative estimate of drug-likeness (QED) is 0.177. The molecular weight excluding hydrogens is 453 g/mol. The second kappa shape index (κ2) is 16.9. The van der Waals surface area contributed by atoms with Crippen molar-refractivity contribution in [1.82, 2.24) is 9.34 Å². The fourth-order valence-electron chi connectivity index (χ4n) is 2.32. The van der Waals surface area contributed by atoms with Gasteiger partial charge in [-0.15, -0.1) is 0 Å². The summed E-state index contributed by atoms with van der Waals surface area (Å²) in [6.45, 7) is 15.5. The zero-order chi connectivity index (χ0) is 22.4. The summed E-state index contributed by atoms with van der Waals surface area (Å²) in [6, 6.07) is 4.63. The lowest BCUT2D eigenvalue weighted by Crippen LogP contribution is -2.33. The summed E-state index contributed by atoms with van der Waals surface area (Å²) >= 11 is 6.53. The highest BCUT2D eigenvalue weighted by molar-refractivity contribution is 7.82. The van der Waals surface area contributed by atoms with Gasteiger partial charge in [0.25, 0.3) is 8.53 Å². The van der Waals surface area contributed by atoms with Crippen LogP contribution in [0.2, 0.25) is 0 Å². The number of hydrogen-bond acceptors (Lipinski definition) is 8. The summed E-state index contributed by atoms with van der Waals surface area (Å²) in [5, 5.41) is 17.7. The molecule has 0 fully saturated rings. The SMILES string of the molecule is CCN(C(C)C)P(Cl)OP(OCCC#N)OP(OCCC#N)N(C(C)C)C(C)C. The predicted molar refractivity (Wildman–Crippen MR) is 121 cm³/mol. The van der Waals surface area contributed by atoms with Crippen molar-refractivity contribution in [2.24, 2.45) is 0 Å². The van der Waals surface area contributed by atoms with E-state index >= 15 is 0 Å². The Labute approximate surface area is 185 Å². The zero-order valence-electron chi connectivity index (χ0n) is 18.4. The molecule has 0 N–H and O–H groups in total. The molecule has 0 aliphatic heterocycles. The average Bonchev–Trinajstić information content (AvgIpc) is 2.61. The van der Waals surface area contributed by atoms with Gasteiger partial charge in [-0.25, -0.2) is 13.7 Å². The fourth-order valence-corrected chi connectivity index (χ4v) is 8.14. The van der Waals surface area contributed by atoms with Gasteiger partial charge in [-0.1, -0.05) is 6.92 Å². The molecule has 29 heavy (non-hydrogen) atoms. The second-order valence-corrected chi connectivity index (χ2v) is 11.8. The minimum absolute atomic E-state index is 0.152. The molecule has 0 bridgehead atoms. The monoisotopic (exact) mass is 486 g/mol. The Morgan fingerprint density at radius 3 is 1.79 bits per heavy atom. The van der Waals surface area contributed by atoms with Crippen LogP contribution < -0.4 is 0 Å². The summed E-state index contributed by atoms with van der Waals surface area (Å²) in [5.41, 5.74) is 0. The minimum Gasteiger partial charge on any atom is -0.321 e. The molecule has 0 aromatic carbocycles. The lowest BCUT2D eigenvalue weighted by atomic mass is 10.3. The van der Waals surface area contributed by atoms with E-state index in [2.05, 4.69) is 38.4 Å². The molecule has 12 heteroatoms. The number of rotatable bonds is 16. The van der Waals surface area contributed by atoms with Crippen molar-refractivity contribution >= 4 is 36.0 Å². The van der Waals surface area contributed by atoms with Crippen molar-refractivity contribution in [2.45, 2.75) is 79.4 Å². The van der Waals surface area contributed by atoms with E-state index in [1.165, 1.54) is 0 Å². The standard InChI is InChI=1S/C17H34ClN4O4P3/c1-8-21(15(2)3)27(18)25-29(24-14-10-12-20)26-28(23-13-9-11-19)22(16(4)5)17(6)7/h15-17H,8-10,13-14H2,1-7H3. The molecule has 8 nitrogen and oxygen atoms in total. The molecule has 0 amide bonds. The maximum Gasteiger partial charge on any atom is 0.344 e. The molecule has 0 spiro atoms. The third-order valence-corrected chi connectivity index (χ3v) is 10.0. The van der Waals surface area contributed by atoms with Crippen LogP contribution in [-0.4, -0.2) is 47.2 Å². The Balaban J connectivity index is 5.43. The van der Waals surface area contributed by atoms with Gasteiger partial charge in [-0.3, -0.25) is 4.31 Å². The first-order valence-electron chi connectivity index (χ1n) is 9.66. The number of nitrogens with zero attached hydrogens (tertiary/aromatic N) is 4. The molecule has 3 unspecified atom stereocenters. The Kier molecular flexibility index (Phi) is 17.1. The van der Waals surface area contributed by atoms with Crippen LogP contribution in [0.1, 0.15) is 61.3 Å². The van der Waals surface area contributed by atoms with E-state index in [0.29, 0.717) is 0 Å². The largest absolute Gasteiger partial charge is 0.344 e. The van der Waals surface area contributed by atoms with Crippen molar-refractivity contribution in [2.75, 3.05) is 19.8 Å². The summed E-state index contributed by atoms with van der Waals surface area (Å²) in [6.07, 6.45) is 0.484. The van der Waals surface area contributed by atoms with E-state index in [1.807, 2.05) is 31.5 Å². The predicted octanol–water partition coefficient (Wildman–Crippen LogP) is 6.65. The van der Waals surface area contributed by atoms with Gasteiger partial charge in [0, 0.05) is 24.7 Å². The van der Waals surface area contributed by atoms with Gasteiger partial charge in [-0.2, -0.15) is 10.5 Å². The first kappa shape index (κ1) is 29.3. The first-order valence-corrected chi connectivity index (χ1v) is 14.0. The van der Waals surface area contributed by atoms with Crippen LogP contribution in [0.4, 0.5) is 0 Å². The van der Waals surface area contributed by atoms with Crippen LogP contribution in [0, 0.1) is 22.7 Å². The summed E-state index contributed by atoms with van der Waals surface area (Å²) in [5.74, 6) is 0. The van der Waals surface area contributed by atoms with Gasteiger partial charge in [0.2, 0.25) is 7.65 Å². The molecule has 0 rings (SSSR count). The van der Waals surface area contributed by atoms with Crippen LogP contribution in [0.25, 0.3) is 0 Å². The highest BCUT2D eigenvalue weighted by Crippen LogP contribution is 2.66. The Morgan fingerprint density at radius 2 is 1.38 bits per heavy atom. The minimum atomic E-state index is -1.83. The Hall–Kier alpha value is 0.320. The molecule has 0 heterocycles. The molecule has 3 atom stereocenters. The van der Waals surface area contributed by atoms with Gasteiger partial charge >= 0.3 is 8.60 Å². The Bertz CT molecular complexity index is 512. The molecule has 0 saturated carbocycles. The van der Waals surface area contributed by atoms with E-state index in [0.717, 1.165) is 6.54 Å². The van der Waals surface area contributed by atoms with E-state index in [4.69, 9.17) is 39.4 Å². The van der Waals surface area contributed by atoms with Gasteiger partial charge in [0.05, 0.1) is 38.2 Å². The van der Waals surface area contributed by atoms with Crippen molar-refractivity contribution in [3.8, 4) is 12.1 Å². The van der Waals surface area contributed by atoms with Crippen LogP contribution in [0.3, 0.4) is 0 Å². The molecule has 0 aliphatic rings. The lowest BCUT2D eigenvalue weighted by Gasteiger charge is -2.37. The van der Waals surface area contributed by atoms with Gasteiger partial charge in [0.15, 0.2) is 0 Å². The number of hydrogen-bond donors (Lipinski definition) is 0. The van der Waals surface area contributed by atoms with E-state index < -0.39 is 24.8 Å². The fraction of sp³-hybridized carbons (Fsp3) is 0.882. The number of nitriles is 2. The van der Waals surface area contributed by atoms with Gasteiger partial charge in [-0.05, 0) is 52.8 Å². The topological polar surface area (TPSA) is 91.0 Å². The molecule has 0 aromatic rings. The summed E-state index contributed by atoms with van der Waals surface area (Å²) in [7, 11) is -4.82. The third-order valence-electron chi connectivity index (χ3n) is 3.47. The maximum atomic E-state index is 8.85. The lowest BCUT2D eigenvalue weighted by molar-refractivity contribution is 0.202. The number of halogens is 1. The Morgan fingerprint density at radius 1 is 0.862 bits per heavy atom.